The van der Waals surface area contributed by atoms with Crippen LogP contribution in [-0.2, 0) is 15.1 Å². The monoisotopic (exact) mass is 283 g/mol. The van der Waals surface area contributed by atoms with Gasteiger partial charge >= 0.3 is 5.97 Å². The molecule has 0 aromatic heterocycles. The molecule has 1 unspecified atom stereocenters. The Kier molecular flexibility index (Phi) is 5.95. The molecule has 4 nitrogen and oxygen atoms in total. The van der Waals surface area contributed by atoms with E-state index in [9.17, 15) is 9.18 Å². The van der Waals surface area contributed by atoms with E-state index in [0.29, 0.717) is 5.56 Å². The van der Waals surface area contributed by atoms with Crippen molar-refractivity contribution in [1.82, 2.24) is 5.32 Å². The van der Waals surface area contributed by atoms with Crippen molar-refractivity contribution in [2.24, 2.45) is 0 Å². The summed E-state index contributed by atoms with van der Waals surface area (Å²) in [6, 6.07) is 4.71. The lowest BCUT2D eigenvalue weighted by Gasteiger charge is -2.30. The molecule has 0 saturated carbocycles. The van der Waals surface area contributed by atoms with Gasteiger partial charge in [0.15, 0.2) is 11.6 Å². The first-order valence-electron chi connectivity index (χ1n) is 6.62. The second-order valence-corrected chi connectivity index (χ2v) is 4.86. The van der Waals surface area contributed by atoms with E-state index in [0.717, 1.165) is 13.0 Å². The van der Waals surface area contributed by atoms with Gasteiger partial charge in [-0.05, 0) is 37.6 Å². The SMILES string of the molecule is CCCNC(C)(CC(=O)OC)c1ccc(OC)c(F)c1. The van der Waals surface area contributed by atoms with Crippen LogP contribution < -0.4 is 10.1 Å². The average Bonchev–Trinajstić information content (AvgIpc) is 2.44. The summed E-state index contributed by atoms with van der Waals surface area (Å²) < 4.78 is 23.5. The maximum atomic E-state index is 13.9. The molecular weight excluding hydrogens is 261 g/mol. The zero-order valence-corrected chi connectivity index (χ0v) is 12.5. The van der Waals surface area contributed by atoms with E-state index in [1.807, 2.05) is 13.8 Å². The largest absolute Gasteiger partial charge is 0.494 e. The van der Waals surface area contributed by atoms with Crippen LogP contribution >= 0.6 is 0 Å². The van der Waals surface area contributed by atoms with Crippen molar-refractivity contribution in [2.45, 2.75) is 32.2 Å². The van der Waals surface area contributed by atoms with Crippen LogP contribution in [0.25, 0.3) is 0 Å². The number of rotatable bonds is 7. The Hall–Kier alpha value is -1.62. The average molecular weight is 283 g/mol. The molecule has 112 valence electrons. The normalized spacial score (nSPS) is 13.7. The van der Waals surface area contributed by atoms with E-state index in [1.54, 1.807) is 12.1 Å². The molecule has 0 aliphatic heterocycles. The maximum Gasteiger partial charge on any atom is 0.307 e. The second kappa shape index (κ2) is 7.24. The van der Waals surface area contributed by atoms with Gasteiger partial charge in [-0.15, -0.1) is 0 Å². The summed E-state index contributed by atoms with van der Waals surface area (Å²) in [6.45, 7) is 4.61. The van der Waals surface area contributed by atoms with Crippen molar-refractivity contribution in [2.75, 3.05) is 20.8 Å². The summed E-state index contributed by atoms with van der Waals surface area (Å²) in [6.07, 6.45) is 1.05. The van der Waals surface area contributed by atoms with Gasteiger partial charge in [0.1, 0.15) is 0 Å². The molecule has 0 bridgehead atoms. The summed E-state index contributed by atoms with van der Waals surface area (Å²) in [5.41, 5.74) is 0.0191. The topological polar surface area (TPSA) is 47.6 Å². The van der Waals surface area contributed by atoms with Crippen LogP contribution in [0.5, 0.6) is 5.75 Å². The molecule has 0 radical (unpaired) electrons. The lowest BCUT2D eigenvalue weighted by atomic mass is 9.88. The van der Waals surface area contributed by atoms with E-state index in [1.165, 1.54) is 20.3 Å². The van der Waals surface area contributed by atoms with Crippen LogP contribution in [0, 0.1) is 5.82 Å². The van der Waals surface area contributed by atoms with Crippen molar-refractivity contribution in [3.05, 3.63) is 29.6 Å². The smallest absolute Gasteiger partial charge is 0.307 e. The van der Waals surface area contributed by atoms with Gasteiger partial charge in [0.2, 0.25) is 0 Å². The lowest BCUT2D eigenvalue weighted by molar-refractivity contribution is -0.142. The molecule has 1 aromatic rings. The number of benzene rings is 1. The Morgan fingerprint density at radius 1 is 1.40 bits per heavy atom. The van der Waals surface area contributed by atoms with Gasteiger partial charge in [0, 0.05) is 0 Å². The highest BCUT2D eigenvalue weighted by molar-refractivity contribution is 5.71. The third-order valence-electron chi connectivity index (χ3n) is 3.28. The fourth-order valence-corrected chi connectivity index (χ4v) is 2.04. The molecule has 0 spiro atoms. The van der Waals surface area contributed by atoms with Gasteiger partial charge in [-0.25, -0.2) is 4.39 Å². The van der Waals surface area contributed by atoms with Gasteiger partial charge in [0.25, 0.3) is 0 Å². The Balaban J connectivity index is 3.08. The molecule has 20 heavy (non-hydrogen) atoms. The fraction of sp³-hybridized carbons (Fsp3) is 0.533. The molecule has 1 rings (SSSR count). The summed E-state index contributed by atoms with van der Waals surface area (Å²) in [4.78, 5) is 11.6. The van der Waals surface area contributed by atoms with E-state index in [4.69, 9.17) is 9.47 Å². The van der Waals surface area contributed by atoms with E-state index < -0.39 is 11.4 Å². The van der Waals surface area contributed by atoms with E-state index in [-0.39, 0.29) is 18.1 Å². The summed E-state index contributed by atoms with van der Waals surface area (Å²) in [5.74, 6) is -0.601. The molecule has 0 saturated heterocycles. The molecule has 0 heterocycles. The van der Waals surface area contributed by atoms with Crippen LogP contribution in [0.4, 0.5) is 4.39 Å². The summed E-state index contributed by atoms with van der Waals surface area (Å²) in [7, 11) is 2.76. The molecule has 0 amide bonds. The predicted octanol–water partition coefficient (Wildman–Crippen LogP) is 2.61. The van der Waals surface area contributed by atoms with Gasteiger partial charge in [0.05, 0.1) is 26.2 Å². The van der Waals surface area contributed by atoms with Crippen LogP contribution in [0.15, 0.2) is 18.2 Å². The summed E-state index contributed by atoms with van der Waals surface area (Å²) >= 11 is 0. The highest BCUT2D eigenvalue weighted by atomic mass is 19.1. The Morgan fingerprint density at radius 3 is 2.60 bits per heavy atom. The standard InChI is InChI=1S/C15H22FNO3/c1-5-8-17-15(2,10-14(18)20-4)11-6-7-13(19-3)12(16)9-11/h6-7,9,17H,5,8,10H2,1-4H3. The van der Waals surface area contributed by atoms with Crippen molar-refractivity contribution in [3.63, 3.8) is 0 Å². The quantitative estimate of drug-likeness (QED) is 0.781. The molecule has 0 aliphatic carbocycles. The number of carbonyl (C=O) groups excluding carboxylic acids is 1. The van der Waals surface area contributed by atoms with Crippen molar-refractivity contribution in [1.29, 1.82) is 0 Å². The molecule has 1 atom stereocenters. The minimum atomic E-state index is -0.670. The minimum absolute atomic E-state index is 0.134. The van der Waals surface area contributed by atoms with Crippen LogP contribution in [0.2, 0.25) is 0 Å². The number of nitrogens with one attached hydrogen (secondary N) is 1. The van der Waals surface area contributed by atoms with Crippen molar-refractivity contribution in [3.8, 4) is 5.75 Å². The van der Waals surface area contributed by atoms with Crippen molar-refractivity contribution >= 4 is 5.97 Å². The Morgan fingerprint density at radius 2 is 2.10 bits per heavy atom. The summed E-state index contributed by atoms with van der Waals surface area (Å²) in [5, 5.41) is 3.28. The first-order valence-corrected chi connectivity index (χ1v) is 6.62. The molecule has 1 N–H and O–H groups in total. The molecule has 0 fully saturated rings. The third-order valence-corrected chi connectivity index (χ3v) is 3.28. The molecule has 5 heteroatoms. The van der Waals surface area contributed by atoms with Crippen molar-refractivity contribution < 1.29 is 18.7 Å². The lowest BCUT2D eigenvalue weighted by Crippen LogP contribution is -2.42. The zero-order chi connectivity index (χ0) is 15.2. The number of methoxy groups -OCH3 is 2. The van der Waals surface area contributed by atoms with Gasteiger partial charge in [-0.2, -0.15) is 0 Å². The van der Waals surface area contributed by atoms with Gasteiger partial charge in [-0.3, -0.25) is 4.79 Å². The first-order chi connectivity index (χ1) is 9.46. The molecule has 0 aliphatic rings. The predicted molar refractivity (Wildman–Crippen MR) is 75.2 cm³/mol. The van der Waals surface area contributed by atoms with Crippen LogP contribution in [0.3, 0.4) is 0 Å². The number of carbonyl (C=O) groups is 1. The Bertz CT molecular complexity index is 464. The number of hydrogen-bond acceptors (Lipinski definition) is 4. The minimum Gasteiger partial charge on any atom is -0.494 e. The molecular formula is C15H22FNO3. The number of halogens is 1. The van der Waals surface area contributed by atoms with Gasteiger partial charge in [-0.1, -0.05) is 13.0 Å². The van der Waals surface area contributed by atoms with Crippen LogP contribution in [0.1, 0.15) is 32.3 Å². The first kappa shape index (κ1) is 16.4. The highest BCUT2D eigenvalue weighted by Crippen LogP contribution is 2.29. The highest BCUT2D eigenvalue weighted by Gasteiger charge is 2.30. The fourth-order valence-electron chi connectivity index (χ4n) is 2.04. The number of esters is 1. The van der Waals surface area contributed by atoms with Gasteiger partial charge < -0.3 is 14.8 Å². The second-order valence-electron chi connectivity index (χ2n) is 4.86. The third kappa shape index (κ3) is 3.93. The Labute approximate surface area is 119 Å². The van der Waals surface area contributed by atoms with E-state index in [2.05, 4.69) is 5.32 Å². The zero-order valence-electron chi connectivity index (χ0n) is 12.5. The van der Waals surface area contributed by atoms with E-state index >= 15 is 0 Å². The molecule has 1 aromatic carbocycles. The maximum absolute atomic E-state index is 13.9. The number of ether oxygens (including phenoxy) is 2. The number of hydrogen-bond donors (Lipinski definition) is 1. The van der Waals surface area contributed by atoms with Crippen LogP contribution in [-0.4, -0.2) is 26.7 Å².